The number of amides is 1. The summed E-state index contributed by atoms with van der Waals surface area (Å²) in [6.07, 6.45) is 0. The number of carbonyl (C=O) groups is 1. The second-order valence-corrected chi connectivity index (χ2v) is 7.20. The van der Waals surface area contributed by atoms with Crippen LogP contribution in [0.2, 0.25) is 15.1 Å². The highest BCUT2D eigenvalue weighted by molar-refractivity contribution is 7.99. The van der Waals surface area contributed by atoms with Crippen molar-refractivity contribution in [1.82, 2.24) is 0 Å². The molecule has 0 unspecified atom stereocenters. The van der Waals surface area contributed by atoms with E-state index in [-0.39, 0.29) is 11.7 Å². The Kier molecular flexibility index (Phi) is 7.56. The molecule has 1 N–H and O–H groups in total. The third-order valence-corrected chi connectivity index (χ3v) is 5.12. The Morgan fingerprint density at radius 2 is 1.76 bits per heavy atom. The standard InChI is InChI=1S/C17H16Cl3NO3S/c1-23-15-7-14(16(24-2)6-13(15)20)21-17(22)9-25-8-10-3-4-11(18)5-12(10)19/h3-7H,8-9H2,1-2H3,(H,21,22). The van der Waals surface area contributed by atoms with Crippen LogP contribution in [0.15, 0.2) is 30.3 Å². The first-order valence-electron chi connectivity index (χ1n) is 7.17. The number of hydrogen-bond donors (Lipinski definition) is 1. The smallest absolute Gasteiger partial charge is 0.234 e. The van der Waals surface area contributed by atoms with Gasteiger partial charge in [-0.1, -0.05) is 40.9 Å². The highest BCUT2D eigenvalue weighted by Gasteiger charge is 2.13. The van der Waals surface area contributed by atoms with Crippen LogP contribution in [0.5, 0.6) is 11.5 Å². The van der Waals surface area contributed by atoms with E-state index in [0.717, 1.165) is 5.56 Å². The van der Waals surface area contributed by atoms with E-state index in [4.69, 9.17) is 44.3 Å². The minimum absolute atomic E-state index is 0.169. The molecule has 0 saturated heterocycles. The number of methoxy groups -OCH3 is 2. The molecule has 0 radical (unpaired) electrons. The van der Waals surface area contributed by atoms with Crippen molar-refractivity contribution < 1.29 is 14.3 Å². The molecular weight excluding hydrogens is 405 g/mol. The first kappa shape index (κ1) is 20.0. The number of rotatable bonds is 7. The summed E-state index contributed by atoms with van der Waals surface area (Å²) >= 11 is 19.5. The van der Waals surface area contributed by atoms with Gasteiger partial charge in [-0.3, -0.25) is 4.79 Å². The molecule has 1 amide bonds. The van der Waals surface area contributed by atoms with Crippen molar-refractivity contribution in [2.75, 3.05) is 25.3 Å². The van der Waals surface area contributed by atoms with Crippen molar-refractivity contribution in [3.05, 3.63) is 51.0 Å². The first-order chi connectivity index (χ1) is 11.9. The fraction of sp³-hybridized carbons (Fsp3) is 0.235. The third-order valence-electron chi connectivity index (χ3n) is 3.25. The maximum absolute atomic E-state index is 12.2. The van der Waals surface area contributed by atoms with E-state index >= 15 is 0 Å². The Bertz CT molecular complexity index is 771. The van der Waals surface area contributed by atoms with E-state index in [2.05, 4.69) is 5.32 Å². The summed E-state index contributed by atoms with van der Waals surface area (Å²) in [6.45, 7) is 0. The van der Waals surface area contributed by atoms with Crippen LogP contribution in [0, 0.1) is 0 Å². The van der Waals surface area contributed by atoms with Gasteiger partial charge in [-0.25, -0.2) is 0 Å². The summed E-state index contributed by atoms with van der Waals surface area (Å²) in [7, 11) is 3.01. The summed E-state index contributed by atoms with van der Waals surface area (Å²) < 4.78 is 10.4. The van der Waals surface area contributed by atoms with Crippen molar-refractivity contribution in [2.45, 2.75) is 5.75 Å². The number of carbonyl (C=O) groups excluding carboxylic acids is 1. The minimum Gasteiger partial charge on any atom is -0.495 e. The molecule has 134 valence electrons. The monoisotopic (exact) mass is 419 g/mol. The van der Waals surface area contributed by atoms with Gasteiger partial charge in [0, 0.05) is 27.9 Å². The van der Waals surface area contributed by atoms with Crippen LogP contribution >= 0.6 is 46.6 Å². The Hall–Kier alpha value is -1.27. The quantitative estimate of drug-likeness (QED) is 0.639. The van der Waals surface area contributed by atoms with Gasteiger partial charge in [0.05, 0.1) is 30.7 Å². The van der Waals surface area contributed by atoms with Crippen molar-refractivity contribution in [1.29, 1.82) is 0 Å². The zero-order valence-electron chi connectivity index (χ0n) is 13.6. The number of halogens is 3. The average molecular weight is 421 g/mol. The molecule has 0 aromatic heterocycles. The zero-order valence-corrected chi connectivity index (χ0v) is 16.7. The Morgan fingerprint density at radius 1 is 1.04 bits per heavy atom. The largest absolute Gasteiger partial charge is 0.495 e. The van der Waals surface area contributed by atoms with Gasteiger partial charge in [-0.2, -0.15) is 0 Å². The second kappa shape index (κ2) is 9.43. The molecule has 0 spiro atoms. The van der Waals surface area contributed by atoms with Crippen molar-refractivity contribution >= 4 is 58.2 Å². The van der Waals surface area contributed by atoms with Crippen molar-refractivity contribution in [3.63, 3.8) is 0 Å². The predicted molar refractivity (Wildman–Crippen MR) is 106 cm³/mol. The van der Waals surface area contributed by atoms with Crippen LogP contribution < -0.4 is 14.8 Å². The number of thioether (sulfide) groups is 1. The number of nitrogens with one attached hydrogen (secondary N) is 1. The highest BCUT2D eigenvalue weighted by Crippen LogP contribution is 2.36. The molecule has 2 aromatic carbocycles. The summed E-state index contributed by atoms with van der Waals surface area (Å²) in [5.41, 5.74) is 1.42. The molecule has 2 rings (SSSR count). The van der Waals surface area contributed by atoms with Crippen LogP contribution in [0.1, 0.15) is 5.56 Å². The lowest BCUT2D eigenvalue weighted by Crippen LogP contribution is -2.15. The lowest BCUT2D eigenvalue weighted by atomic mass is 10.2. The second-order valence-electron chi connectivity index (χ2n) is 4.96. The number of ether oxygens (including phenoxy) is 2. The summed E-state index contributed by atoms with van der Waals surface area (Å²) in [5.74, 6) is 1.61. The first-order valence-corrected chi connectivity index (χ1v) is 9.46. The summed E-state index contributed by atoms with van der Waals surface area (Å²) in [5, 5.41) is 4.37. The fourth-order valence-corrected chi connectivity index (χ4v) is 3.65. The SMILES string of the molecule is COc1cc(NC(=O)CSCc2ccc(Cl)cc2Cl)c(OC)cc1Cl. The Balaban J connectivity index is 1.96. The Labute approximate surface area is 165 Å². The molecule has 0 fully saturated rings. The van der Waals surface area contributed by atoms with Crippen molar-refractivity contribution in [3.8, 4) is 11.5 Å². The third kappa shape index (κ3) is 5.61. The van der Waals surface area contributed by atoms with Gasteiger partial charge in [0.2, 0.25) is 5.91 Å². The summed E-state index contributed by atoms with van der Waals surface area (Å²) in [6, 6.07) is 8.53. The highest BCUT2D eigenvalue weighted by atomic mass is 35.5. The van der Waals surface area contributed by atoms with Gasteiger partial charge < -0.3 is 14.8 Å². The minimum atomic E-state index is -0.169. The normalized spacial score (nSPS) is 10.4. The zero-order chi connectivity index (χ0) is 18.4. The van der Waals surface area contributed by atoms with Gasteiger partial charge in [-0.15, -0.1) is 11.8 Å². The molecule has 0 saturated carbocycles. The van der Waals surface area contributed by atoms with Gasteiger partial charge in [0.1, 0.15) is 11.5 Å². The maximum atomic E-state index is 12.2. The van der Waals surface area contributed by atoms with Crippen LogP contribution in [0.3, 0.4) is 0 Å². The van der Waals surface area contributed by atoms with Gasteiger partial charge in [0.15, 0.2) is 0 Å². The van der Waals surface area contributed by atoms with Crippen LogP contribution in [0.25, 0.3) is 0 Å². The van der Waals surface area contributed by atoms with E-state index in [1.54, 1.807) is 24.3 Å². The molecule has 0 bridgehead atoms. The summed E-state index contributed by atoms with van der Waals surface area (Å²) in [4.78, 5) is 12.2. The topological polar surface area (TPSA) is 47.6 Å². The molecule has 0 aliphatic rings. The molecule has 25 heavy (non-hydrogen) atoms. The number of anilines is 1. The molecule has 2 aromatic rings. The number of benzene rings is 2. The van der Waals surface area contributed by atoms with Crippen LogP contribution in [0.4, 0.5) is 5.69 Å². The predicted octanol–water partition coefficient (Wildman–Crippen LogP) is 5.54. The van der Waals surface area contributed by atoms with E-state index in [1.165, 1.54) is 26.0 Å². The molecule has 0 heterocycles. The van der Waals surface area contributed by atoms with Crippen LogP contribution in [-0.2, 0) is 10.5 Å². The van der Waals surface area contributed by atoms with Gasteiger partial charge in [-0.05, 0) is 17.7 Å². The van der Waals surface area contributed by atoms with E-state index < -0.39 is 0 Å². The lowest BCUT2D eigenvalue weighted by molar-refractivity contribution is -0.113. The fourth-order valence-electron chi connectivity index (χ4n) is 2.04. The average Bonchev–Trinajstić information content (AvgIpc) is 2.58. The van der Waals surface area contributed by atoms with Gasteiger partial charge in [0.25, 0.3) is 0 Å². The van der Waals surface area contributed by atoms with E-state index in [0.29, 0.717) is 38.0 Å². The maximum Gasteiger partial charge on any atom is 0.234 e. The molecule has 8 heteroatoms. The molecule has 4 nitrogen and oxygen atoms in total. The van der Waals surface area contributed by atoms with Crippen molar-refractivity contribution in [2.24, 2.45) is 0 Å². The number of hydrogen-bond acceptors (Lipinski definition) is 4. The molecule has 0 aliphatic heterocycles. The van der Waals surface area contributed by atoms with E-state index in [9.17, 15) is 4.79 Å². The van der Waals surface area contributed by atoms with Gasteiger partial charge >= 0.3 is 0 Å². The lowest BCUT2D eigenvalue weighted by Gasteiger charge is -2.13. The van der Waals surface area contributed by atoms with E-state index in [1.807, 2.05) is 6.07 Å². The molecular formula is C17H16Cl3NO3S. The van der Waals surface area contributed by atoms with Crippen LogP contribution in [-0.4, -0.2) is 25.9 Å². The molecule has 0 aliphatic carbocycles. The molecule has 0 atom stereocenters. The Morgan fingerprint density at radius 3 is 2.40 bits per heavy atom.